The molecule has 0 aliphatic heterocycles. The molecular formula is C21H24FN7O3. The highest BCUT2D eigenvalue weighted by Gasteiger charge is 2.39. The minimum atomic E-state index is -0.998. The first-order valence-electron chi connectivity index (χ1n) is 10.6. The van der Waals surface area contributed by atoms with Gasteiger partial charge in [0.25, 0.3) is 11.5 Å². The summed E-state index contributed by atoms with van der Waals surface area (Å²) in [6.45, 7) is 0. The highest BCUT2D eigenvalue weighted by Crippen LogP contribution is 2.37. The third-order valence-electron chi connectivity index (χ3n) is 5.99. The van der Waals surface area contributed by atoms with E-state index < -0.39 is 18.3 Å². The normalized spacial score (nSPS) is 24.5. The standard InChI is InChI=1S/C21H24FN7O3/c1-23-18-9-17(26-15-3-2-6-28(21(15)32)16-8-14(16)22)27-19-13(10-24-29(18)19)20(31)25-11-4-5-12(30)7-11/h2-3,6,9-12,14,16,23,30H,4-5,7-8H2,1H3,(H,25,31)(H,26,27)/t11-,12+,14-,16?/m1/s1. The fourth-order valence-electron chi connectivity index (χ4n) is 4.16. The monoisotopic (exact) mass is 441 g/mol. The van der Waals surface area contributed by atoms with Gasteiger partial charge in [-0.05, 0) is 31.4 Å². The molecule has 2 fully saturated rings. The number of nitrogens with one attached hydrogen (secondary N) is 3. The molecule has 3 aromatic heterocycles. The van der Waals surface area contributed by atoms with Crippen LogP contribution >= 0.6 is 0 Å². The molecule has 0 bridgehead atoms. The molecule has 32 heavy (non-hydrogen) atoms. The van der Waals surface area contributed by atoms with Crippen LogP contribution in [0.5, 0.6) is 0 Å². The SMILES string of the molecule is CNc1cc(Nc2cccn(C3C[C@H]3F)c2=O)nc2c(C(=O)N[C@@H]3CC[C@H](O)C3)cnn12. The maximum Gasteiger partial charge on any atom is 0.274 e. The van der Waals surface area contributed by atoms with Crippen molar-refractivity contribution in [1.82, 2.24) is 24.5 Å². The van der Waals surface area contributed by atoms with Crippen LogP contribution in [0.1, 0.15) is 42.1 Å². The number of aromatic nitrogens is 4. The summed E-state index contributed by atoms with van der Waals surface area (Å²) >= 11 is 0. The zero-order valence-electron chi connectivity index (χ0n) is 17.5. The van der Waals surface area contributed by atoms with Crippen molar-refractivity contribution in [2.75, 3.05) is 17.7 Å². The van der Waals surface area contributed by atoms with Crippen LogP contribution in [-0.2, 0) is 0 Å². The molecule has 168 valence electrons. The third-order valence-corrected chi connectivity index (χ3v) is 5.99. The van der Waals surface area contributed by atoms with E-state index >= 15 is 0 Å². The number of alkyl halides is 1. The lowest BCUT2D eigenvalue weighted by Gasteiger charge is -2.13. The van der Waals surface area contributed by atoms with Crippen molar-refractivity contribution in [3.63, 3.8) is 0 Å². The second kappa shape index (κ2) is 7.90. The first kappa shape index (κ1) is 20.4. The van der Waals surface area contributed by atoms with E-state index in [0.29, 0.717) is 36.5 Å². The van der Waals surface area contributed by atoms with Crippen LogP contribution in [-0.4, -0.2) is 55.5 Å². The molecule has 2 aliphatic carbocycles. The van der Waals surface area contributed by atoms with Gasteiger partial charge < -0.3 is 25.6 Å². The summed E-state index contributed by atoms with van der Waals surface area (Å²) in [5.74, 6) is 0.584. The van der Waals surface area contributed by atoms with Crippen molar-refractivity contribution in [3.8, 4) is 0 Å². The molecule has 0 saturated heterocycles. The summed E-state index contributed by atoms with van der Waals surface area (Å²) in [6, 6.07) is 4.43. The van der Waals surface area contributed by atoms with Crippen LogP contribution in [0, 0.1) is 0 Å². The lowest BCUT2D eigenvalue weighted by Crippen LogP contribution is -2.33. The van der Waals surface area contributed by atoms with Gasteiger partial charge in [-0.2, -0.15) is 9.61 Å². The molecule has 11 heteroatoms. The Morgan fingerprint density at radius 2 is 2.12 bits per heavy atom. The first-order valence-corrected chi connectivity index (χ1v) is 10.6. The Morgan fingerprint density at radius 3 is 2.81 bits per heavy atom. The van der Waals surface area contributed by atoms with Crippen molar-refractivity contribution < 1.29 is 14.3 Å². The van der Waals surface area contributed by atoms with Gasteiger partial charge in [-0.1, -0.05) is 0 Å². The molecule has 3 heterocycles. The molecule has 3 aromatic rings. The minimum absolute atomic E-state index is 0.0953. The van der Waals surface area contributed by atoms with Crippen molar-refractivity contribution in [3.05, 3.63) is 46.5 Å². The van der Waals surface area contributed by atoms with Crippen LogP contribution in [0.2, 0.25) is 0 Å². The number of hydrogen-bond donors (Lipinski definition) is 4. The van der Waals surface area contributed by atoms with Crippen LogP contribution in [0.25, 0.3) is 5.65 Å². The van der Waals surface area contributed by atoms with Crippen molar-refractivity contribution in [2.45, 2.75) is 50.0 Å². The summed E-state index contributed by atoms with van der Waals surface area (Å²) in [6.07, 6.45) is 3.86. The van der Waals surface area contributed by atoms with Crippen molar-refractivity contribution in [2.24, 2.45) is 0 Å². The zero-order chi connectivity index (χ0) is 22.4. The average molecular weight is 441 g/mol. The van der Waals surface area contributed by atoms with Gasteiger partial charge in [-0.3, -0.25) is 9.59 Å². The molecule has 4 atom stereocenters. The molecule has 2 saturated carbocycles. The summed E-state index contributed by atoms with van der Waals surface area (Å²) in [5, 5.41) is 22.9. The third kappa shape index (κ3) is 3.68. The van der Waals surface area contributed by atoms with Gasteiger partial charge in [-0.25, -0.2) is 9.37 Å². The number of amides is 1. The van der Waals surface area contributed by atoms with E-state index in [2.05, 4.69) is 26.0 Å². The van der Waals surface area contributed by atoms with Crippen LogP contribution < -0.4 is 21.5 Å². The number of fused-ring (bicyclic) bond motifs is 1. The smallest absolute Gasteiger partial charge is 0.274 e. The highest BCUT2D eigenvalue weighted by atomic mass is 19.1. The predicted octanol–water partition coefficient (Wildman–Crippen LogP) is 1.60. The van der Waals surface area contributed by atoms with E-state index in [4.69, 9.17) is 0 Å². The molecule has 1 unspecified atom stereocenters. The fourth-order valence-corrected chi connectivity index (χ4v) is 4.16. The molecule has 10 nitrogen and oxygen atoms in total. The Morgan fingerprint density at radius 1 is 1.31 bits per heavy atom. The summed E-state index contributed by atoms with van der Waals surface area (Å²) < 4.78 is 16.4. The number of carbonyl (C=O) groups is 1. The molecule has 0 radical (unpaired) electrons. The zero-order valence-corrected chi connectivity index (χ0v) is 17.5. The van der Waals surface area contributed by atoms with Gasteiger partial charge in [0.2, 0.25) is 0 Å². The maximum atomic E-state index is 13.5. The van der Waals surface area contributed by atoms with E-state index in [9.17, 15) is 19.1 Å². The molecule has 2 aliphatic rings. The Bertz CT molecular complexity index is 1240. The second-order valence-electron chi connectivity index (χ2n) is 8.29. The first-order chi connectivity index (χ1) is 15.4. The van der Waals surface area contributed by atoms with Gasteiger partial charge >= 0.3 is 0 Å². The number of aliphatic hydroxyl groups is 1. The van der Waals surface area contributed by atoms with E-state index in [1.54, 1.807) is 31.4 Å². The van der Waals surface area contributed by atoms with E-state index in [1.807, 2.05) is 0 Å². The number of hydrogen-bond acceptors (Lipinski definition) is 7. The van der Waals surface area contributed by atoms with Gasteiger partial charge in [0.15, 0.2) is 5.65 Å². The number of nitrogens with zero attached hydrogens (tertiary/aromatic N) is 4. The highest BCUT2D eigenvalue weighted by molar-refractivity contribution is 6.00. The summed E-state index contributed by atoms with van der Waals surface area (Å²) in [7, 11) is 1.71. The second-order valence-corrected chi connectivity index (χ2v) is 8.29. The van der Waals surface area contributed by atoms with Crippen LogP contribution in [0.3, 0.4) is 0 Å². The molecular weight excluding hydrogens is 417 g/mol. The Kier molecular flexibility index (Phi) is 5.04. The van der Waals surface area contributed by atoms with Gasteiger partial charge in [0.1, 0.15) is 29.1 Å². The Balaban J connectivity index is 1.46. The minimum Gasteiger partial charge on any atom is -0.393 e. The topological polar surface area (TPSA) is 126 Å². The van der Waals surface area contributed by atoms with Gasteiger partial charge in [0.05, 0.1) is 18.3 Å². The Labute approximate surface area is 182 Å². The van der Waals surface area contributed by atoms with Gasteiger partial charge in [-0.15, -0.1) is 0 Å². The molecule has 0 spiro atoms. The number of carbonyl (C=O) groups excluding carboxylic acids is 1. The maximum absolute atomic E-state index is 13.5. The molecule has 0 aromatic carbocycles. The fraction of sp³-hybridized carbons (Fsp3) is 0.429. The van der Waals surface area contributed by atoms with Crippen molar-refractivity contribution >= 4 is 28.9 Å². The van der Waals surface area contributed by atoms with Gasteiger partial charge in [0, 0.05) is 31.8 Å². The Hall–Kier alpha value is -3.47. The average Bonchev–Trinajstić information content (AvgIpc) is 3.14. The molecule has 1 amide bonds. The number of anilines is 3. The predicted molar refractivity (Wildman–Crippen MR) is 116 cm³/mol. The largest absolute Gasteiger partial charge is 0.393 e. The van der Waals surface area contributed by atoms with Crippen LogP contribution in [0.15, 0.2) is 35.4 Å². The number of pyridine rings is 1. The summed E-state index contributed by atoms with van der Waals surface area (Å²) in [5.41, 5.74) is 0.528. The lowest BCUT2D eigenvalue weighted by molar-refractivity contribution is 0.0935. The lowest BCUT2D eigenvalue weighted by atomic mass is 10.2. The van der Waals surface area contributed by atoms with E-state index in [-0.39, 0.29) is 28.8 Å². The van der Waals surface area contributed by atoms with E-state index in [1.165, 1.54) is 15.3 Å². The number of rotatable bonds is 6. The quantitative estimate of drug-likeness (QED) is 0.458. The molecule has 5 rings (SSSR count). The summed E-state index contributed by atoms with van der Waals surface area (Å²) in [4.78, 5) is 30.1. The number of halogens is 1. The molecule has 4 N–H and O–H groups in total. The number of aliphatic hydroxyl groups excluding tert-OH is 1. The van der Waals surface area contributed by atoms with E-state index in [0.717, 1.165) is 6.42 Å². The van der Waals surface area contributed by atoms with Crippen LogP contribution in [0.4, 0.5) is 21.7 Å². The van der Waals surface area contributed by atoms with Crippen molar-refractivity contribution in [1.29, 1.82) is 0 Å².